The number of carbonyl (C=O) groups is 4. The number of para-hydroxylation sites is 2. The number of hydrogen-bond donors (Lipinski definition) is 3. The van der Waals surface area contributed by atoms with E-state index in [0.29, 0.717) is 16.2 Å². The number of methoxy groups -OCH3 is 1. The second-order valence-corrected chi connectivity index (χ2v) is 8.13. The Morgan fingerprint density at radius 3 is 2.41 bits per heavy atom. The van der Waals surface area contributed by atoms with Crippen LogP contribution in [0.2, 0.25) is 0 Å². The predicted molar refractivity (Wildman–Crippen MR) is 137 cm³/mol. The zero-order chi connectivity index (χ0) is 27.9. The fourth-order valence-corrected chi connectivity index (χ4v) is 3.60. The smallest absolute Gasteiger partial charge is 0.329 e. The van der Waals surface area contributed by atoms with Gasteiger partial charge in [0.2, 0.25) is 5.91 Å². The van der Waals surface area contributed by atoms with E-state index in [2.05, 4.69) is 16.0 Å². The molecule has 0 spiro atoms. The van der Waals surface area contributed by atoms with Gasteiger partial charge < -0.3 is 25.4 Å². The summed E-state index contributed by atoms with van der Waals surface area (Å²) < 4.78 is 37.9. The molecule has 1 saturated heterocycles. The Labute approximate surface area is 221 Å². The van der Waals surface area contributed by atoms with Crippen LogP contribution in [0.15, 0.2) is 72.4 Å². The Hall–Kier alpha value is -5.26. The molecule has 39 heavy (non-hydrogen) atoms. The van der Waals surface area contributed by atoms with Gasteiger partial charge in [-0.2, -0.15) is 0 Å². The SMILES string of the molecule is COc1cccc(/C=C2/NC(=O)N(CC(=O)Nc3ccccc3F)C2=O)c1OCC(=O)Nc1ccc(F)cc1. The van der Waals surface area contributed by atoms with Crippen molar-refractivity contribution in [2.24, 2.45) is 0 Å². The lowest BCUT2D eigenvalue weighted by molar-refractivity contribution is -0.127. The van der Waals surface area contributed by atoms with E-state index >= 15 is 0 Å². The zero-order valence-electron chi connectivity index (χ0n) is 20.5. The van der Waals surface area contributed by atoms with E-state index in [1.807, 2.05) is 0 Å². The molecule has 0 bridgehead atoms. The maximum atomic E-state index is 13.8. The van der Waals surface area contributed by atoms with Gasteiger partial charge in [-0.05, 0) is 48.5 Å². The summed E-state index contributed by atoms with van der Waals surface area (Å²) in [5.41, 5.74) is 0.413. The number of hydrogen-bond acceptors (Lipinski definition) is 6. The molecule has 0 aliphatic carbocycles. The van der Waals surface area contributed by atoms with Crippen molar-refractivity contribution >= 4 is 41.2 Å². The molecular formula is C27H22F2N4O6. The largest absolute Gasteiger partial charge is 0.493 e. The molecule has 1 heterocycles. The van der Waals surface area contributed by atoms with Crippen LogP contribution in [0, 0.1) is 11.6 Å². The third kappa shape index (κ3) is 6.55. The fourth-order valence-electron chi connectivity index (χ4n) is 3.60. The minimum absolute atomic E-state index is 0.0908. The van der Waals surface area contributed by atoms with Gasteiger partial charge in [-0.15, -0.1) is 0 Å². The van der Waals surface area contributed by atoms with Crippen molar-refractivity contribution in [1.29, 1.82) is 0 Å². The van der Waals surface area contributed by atoms with Crippen molar-refractivity contribution in [1.82, 2.24) is 10.2 Å². The molecule has 10 nitrogen and oxygen atoms in total. The molecular weight excluding hydrogens is 514 g/mol. The third-order valence-corrected chi connectivity index (χ3v) is 5.42. The van der Waals surface area contributed by atoms with Crippen LogP contribution in [0.5, 0.6) is 11.5 Å². The van der Waals surface area contributed by atoms with Crippen LogP contribution >= 0.6 is 0 Å². The molecule has 5 amide bonds. The number of ether oxygens (including phenoxy) is 2. The highest BCUT2D eigenvalue weighted by molar-refractivity contribution is 6.16. The number of urea groups is 1. The number of amides is 5. The first-order valence-corrected chi connectivity index (χ1v) is 11.5. The van der Waals surface area contributed by atoms with Gasteiger partial charge in [-0.1, -0.05) is 24.3 Å². The highest BCUT2D eigenvalue weighted by Gasteiger charge is 2.35. The van der Waals surface area contributed by atoms with Crippen LogP contribution in [0.4, 0.5) is 25.0 Å². The normalized spacial score (nSPS) is 13.7. The number of halogens is 2. The minimum Gasteiger partial charge on any atom is -0.493 e. The minimum atomic E-state index is -0.848. The van der Waals surface area contributed by atoms with Crippen LogP contribution in [0.3, 0.4) is 0 Å². The van der Waals surface area contributed by atoms with E-state index in [0.717, 1.165) is 6.07 Å². The van der Waals surface area contributed by atoms with Gasteiger partial charge in [0.15, 0.2) is 18.1 Å². The number of rotatable bonds is 9. The number of imide groups is 1. The summed E-state index contributed by atoms with van der Waals surface area (Å²) in [6.07, 6.45) is 1.31. The summed E-state index contributed by atoms with van der Waals surface area (Å²) in [5, 5.41) is 7.26. The van der Waals surface area contributed by atoms with Crippen molar-refractivity contribution in [2.75, 3.05) is 30.9 Å². The second-order valence-electron chi connectivity index (χ2n) is 8.13. The van der Waals surface area contributed by atoms with E-state index in [-0.39, 0.29) is 22.9 Å². The average molecular weight is 536 g/mol. The molecule has 0 saturated carbocycles. The second kappa shape index (κ2) is 11.9. The quantitative estimate of drug-likeness (QED) is 0.284. The van der Waals surface area contributed by atoms with E-state index in [4.69, 9.17) is 9.47 Å². The van der Waals surface area contributed by atoms with E-state index in [1.165, 1.54) is 55.7 Å². The summed E-state index contributed by atoms with van der Waals surface area (Å²) in [6, 6.07) is 14.5. The maximum Gasteiger partial charge on any atom is 0.329 e. The lowest BCUT2D eigenvalue weighted by atomic mass is 10.1. The van der Waals surface area contributed by atoms with Crippen molar-refractivity contribution in [3.8, 4) is 11.5 Å². The number of anilines is 2. The van der Waals surface area contributed by atoms with Crippen molar-refractivity contribution < 1.29 is 37.4 Å². The predicted octanol–water partition coefficient (Wildman–Crippen LogP) is 3.52. The highest BCUT2D eigenvalue weighted by Crippen LogP contribution is 2.33. The molecule has 4 rings (SSSR count). The Morgan fingerprint density at radius 2 is 1.69 bits per heavy atom. The topological polar surface area (TPSA) is 126 Å². The lowest BCUT2D eigenvalue weighted by Crippen LogP contribution is -2.38. The van der Waals surface area contributed by atoms with Crippen LogP contribution in [0.25, 0.3) is 6.08 Å². The van der Waals surface area contributed by atoms with E-state index in [9.17, 15) is 28.0 Å². The summed E-state index contributed by atoms with van der Waals surface area (Å²) in [6.45, 7) is -1.10. The van der Waals surface area contributed by atoms with Gasteiger partial charge in [-0.3, -0.25) is 14.4 Å². The Balaban J connectivity index is 1.47. The lowest BCUT2D eigenvalue weighted by Gasteiger charge is -2.14. The van der Waals surface area contributed by atoms with Crippen LogP contribution in [0.1, 0.15) is 5.56 Å². The standard InChI is InChI=1S/C27H22F2N4O6/c1-38-22-8-4-5-16(25(22)39-15-24(35)30-18-11-9-17(28)10-12-18)13-21-26(36)33(27(37)32-21)14-23(34)31-20-7-3-2-6-19(20)29/h2-13H,14-15H2,1H3,(H,30,35)(H,31,34)(H,32,37)/b21-13+. The summed E-state index contributed by atoms with van der Waals surface area (Å²) >= 11 is 0. The van der Waals surface area contributed by atoms with Crippen LogP contribution < -0.4 is 25.4 Å². The number of carbonyl (C=O) groups excluding carboxylic acids is 4. The Kier molecular flexibility index (Phi) is 8.15. The fraction of sp³-hybridized carbons (Fsp3) is 0.111. The molecule has 12 heteroatoms. The van der Waals surface area contributed by atoms with Gasteiger partial charge >= 0.3 is 6.03 Å². The van der Waals surface area contributed by atoms with Crippen LogP contribution in [-0.4, -0.2) is 48.9 Å². The molecule has 3 aromatic carbocycles. The Bertz CT molecular complexity index is 1460. The molecule has 0 atom stereocenters. The molecule has 1 aliphatic rings. The molecule has 0 radical (unpaired) electrons. The van der Waals surface area contributed by atoms with Crippen molar-refractivity contribution in [2.45, 2.75) is 0 Å². The van der Waals surface area contributed by atoms with E-state index in [1.54, 1.807) is 18.2 Å². The first-order valence-electron chi connectivity index (χ1n) is 11.5. The van der Waals surface area contributed by atoms with Crippen molar-refractivity contribution in [3.05, 3.63) is 89.6 Å². The first-order chi connectivity index (χ1) is 18.7. The van der Waals surface area contributed by atoms with Gasteiger partial charge in [-0.25, -0.2) is 18.5 Å². The Morgan fingerprint density at radius 1 is 0.949 bits per heavy atom. The third-order valence-electron chi connectivity index (χ3n) is 5.42. The molecule has 1 aliphatic heterocycles. The summed E-state index contributed by atoms with van der Waals surface area (Å²) in [4.78, 5) is 50.7. The van der Waals surface area contributed by atoms with Crippen molar-refractivity contribution in [3.63, 3.8) is 0 Å². The van der Waals surface area contributed by atoms with Gasteiger partial charge in [0.05, 0.1) is 12.8 Å². The monoisotopic (exact) mass is 536 g/mol. The van der Waals surface area contributed by atoms with Gasteiger partial charge in [0.1, 0.15) is 23.9 Å². The summed E-state index contributed by atoms with van der Waals surface area (Å²) in [5.74, 6) is -2.87. The summed E-state index contributed by atoms with van der Waals surface area (Å²) in [7, 11) is 1.39. The number of nitrogens with zero attached hydrogens (tertiary/aromatic N) is 1. The molecule has 0 aromatic heterocycles. The highest BCUT2D eigenvalue weighted by atomic mass is 19.1. The molecule has 0 unspecified atom stereocenters. The molecule has 1 fully saturated rings. The van der Waals surface area contributed by atoms with Crippen LogP contribution in [-0.2, 0) is 14.4 Å². The molecule has 200 valence electrons. The number of nitrogens with one attached hydrogen (secondary N) is 3. The average Bonchev–Trinajstić information content (AvgIpc) is 3.17. The van der Waals surface area contributed by atoms with E-state index < -0.39 is 48.5 Å². The maximum absolute atomic E-state index is 13.8. The molecule has 3 N–H and O–H groups in total. The zero-order valence-corrected chi connectivity index (χ0v) is 20.5. The molecule has 3 aromatic rings. The van der Waals surface area contributed by atoms with Gasteiger partial charge in [0, 0.05) is 11.3 Å². The first kappa shape index (κ1) is 26.8. The van der Waals surface area contributed by atoms with Gasteiger partial charge in [0.25, 0.3) is 11.8 Å². The number of benzene rings is 3.